The fourth-order valence-electron chi connectivity index (χ4n) is 1.52. The van der Waals surface area contributed by atoms with Crippen molar-refractivity contribution < 1.29 is 9.59 Å². The molecule has 7 nitrogen and oxygen atoms in total. The van der Waals surface area contributed by atoms with Gasteiger partial charge in [0.1, 0.15) is 0 Å². The molecule has 1 heterocycles. The van der Waals surface area contributed by atoms with Crippen molar-refractivity contribution in [3.8, 4) is 0 Å². The summed E-state index contributed by atoms with van der Waals surface area (Å²) in [4.78, 5) is 22.5. The van der Waals surface area contributed by atoms with Crippen LogP contribution in [-0.4, -0.2) is 35.1 Å². The van der Waals surface area contributed by atoms with Gasteiger partial charge in [-0.3, -0.25) is 14.7 Å². The molecule has 0 spiro atoms. The minimum absolute atomic E-state index is 0.111. The molecular formula is C11H13N5O2. The lowest BCUT2D eigenvalue weighted by Crippen LogP contribution is -2.36. The van der Waals surface area contributed by atoms with Crippen molar-refractivity contribution >= 4 is 28.4 Å². The number of aromatic amines is 1. The molecule has 7 heteroatoms. The Morgan fingerprint density at radius 1 is 1.33 bits per heavy atom. The van der Waals surface area contributed by atoms with Crippen molar-refractivity contribution in [2.75, 3.05) is 18.4 Å². The normalized spacial score (nSPS) is 10.3. The van der Waals surface area contributed by atoms with Crippen molar-refractivity contribution in [2.45, 2.75) is 0 Å². The third-order valence-corrected chi connectivity index (χ3v) is 2.38. The number of carbonyl (C=O) groups excluding carboxylic acids is 2. The van der Waals surface area contributed by atoms with Crippen LogP contribution in [0.25, 0.3) is 10.9 Å². The van der Waals surface area contributed by atoms with Crippen LogP contribution < -0.4 is 16.4 Å². The van der Waals surface area contributed by atoms with E-state index in [0.29, 0.717) is 5.69 Å². The van der Waals surface area contributed by atoms with Crippen molar-refractivity contribution in [3.05, 3.63) is 24.4 Å². The second kappa shape index (κ2) is 5.28. The summed E-state index contributed by atoms with van der Waals surface area (Å²) in [5, 5.41) is 12.7. The summed E-state index contributed by atoms with van der Waals surface area (Å²) in [5.41, 5.74) is 6.48. The summed E-state index contributed by atoms with van der Waals surface area (Å²) in [6, 6.07) is 5.44. The molecule has 2 amide bonds. The number of hydrogen-bond donors (Lipinski definition) is 4. The SMILES string of the molecule is NCC(=O)NCC(=O)Nc1cccc2cn[nH]c12. The molecule has 1 aromatic carbocycles. The predicted molar refractivity (Wildman–Crippen MR) is 66.8 cm³/mol. The number of rotatable bonds is 4. The van der Waals surface area contributed by atoms with Crippen LogP contribution >= 0.6 is 0 Å². The molecule has 1 aromatic heterocycles. The van der Waals surface area contributed by atoms with E-state index in [0.717, 1.165) is 10.9 Å². The number of anilines is 1. The zero-order valence-electron chi connectivity index (χ0n) is 9.56. The fraction of sp³-hybridized carbons (Fsp3) is 0.182. The van der Waals surface area contributed by atoms with Gasteiger partial charge < -0.3 is 16.4 Å². The summed E-state index contributed by atoms with van der Waals surface area (Å²) in [6.45, 7) is -0.246. The van der Waals surface area contributed by atoms with E-state index in [4.69, 9.17) is 5.73 Å². The van der Waals surface area contributed by atoms with Crippen LogP contribution in [0, 0.1) is 0 Å². The molecule has 0 aliphatic heterocycles. The Bertz CT molecular complexity index is 578. The summed E-state index contributed by atoms with van der Waals surface area (Å²) < 4.78 is 0. The van der Waals surface area contributed by atoms with Crippen LogP contribution in [0.15, 0.2) is 24.4 Å². The van der Waals surface area contributed by atoms with Gasteiger partial charge in [-0.15, -0.1) is 0 Å². The molecule has 0 aliphatic carbocycles. The van der Waals surface area contributed by atoms with Gasteiger partial charge >= 0.3 is 0 Å². The molecule has 0 saturated heterocycles. The third-order valence-electron chi connectivity index (χ3n) is 2.38. The lowest BCUT2D eigenvalue weighted by atomic mass is 10.2. The Hall–Kier alpha value is -2.41. The van der Waals surface area contributed by atoms with E-state index in [1.54, 1.807) is 12.3 Å². The van der Waals surface area contributed by atoms with E-state index in [1.165, 1.54) is 0 Å². The second-order valence-electron chi connectivity index (χ2n) is 3.67. The van der Waals surface area contributed by atoms with Gasteiger partial charge in [0.05, 0.1) is 30.5 Å². The number of benzene rings is 1. The molecule has 2 aromatic rings. The van der Waals surface area contributed by atoms with Gasteiger partial charge in [0.25, 0.3) is 0 Å². The predicted octanol–water partition coefficient (Wildman–Crippen LogP) is -0.424. The Labute approximate surface area is 103 Å². The number of fused-ring (bicyclic) bond motifs is 1. The quantitative estimate of drug-likeness (QED) is 0.587. The maximum absolute atomic E-state index is 11.6. The van der Waals surface area contributed by atoms with E-state index in [1.807, 2.05) is 12.1 Å². The molecule has 0 atom stereocenters. The number of carbonyl (C=O) groups is 2. The standard InChI is InChI=1S/C11H13N5O2/c12-4-9(17)13-6-10(18)15-8-3-1-2-7-5-14-16-11(7)8/h1-3,5H,4,6,12H2,(H,13,17)(H,14,16)(H,15,18). The largest absolute Gasteiger partial charge is 0.346 e. The Morgan fingerprint density at radius 2 is 2.17 bits per heavy atom. The van der Waals surface area contributed by atoms with E-state index >= 15 is 0 Å². The number of H-pyrrole nitrogens is 1. The first-order chi connectivity index (χ1) is 8.70. The minimum atomic E-state index is -0.370. The highest BCUT2D eigenvalue weighted by molar-refractivity contribution is 6.01. The van der Waals surface area contributed by atoms with E-state index in [2.05, 4.69) is 20.8 Å². The lowest BCUT2D eigenvalue weighted by molar-refractivity contribution is -0.123. The monoisotopic (exact) mass is 247 g/mol. The molecular weight excluding hydrogens is 234 g/mol. The number of para-hydroxylation sites is 1. The summed E-state index contributed by atoms with van der Waals surface area (Å²) in [6.07, 6.45) is 1.67. The maximum atomic E-state index is 11.6. The van der Waals surface area contributed by atoms with Crippen LogP contribution in [0.2, 0.25) is 0 Å². The fourth-order valence-corrected chi connectivity index (χ4v) is 1.52. The molecule has 0 aliphatic rings. The highest BCUT2D eigenvalue weighted by Gasteiger charge is 2.07. The first-order valence-corrected chi connectivity index (χ1v) is 5.39. The number of hydrogen-bond acceptors (Lipinski definition) is 4. The molecule has 94 valence electrons. The first kappa shape index (κ1) is 12.1. The van der Waals surface area contributed by atoms with Crippen LogP contribution in [0.5, 0.6) is 0 Å². The average molecular weight is 247 g/mol. The lowest BCUT2D eigenvalue weighted by Gasteiger charge is -2.06. The summed E-state index contributed by atoms with van der Waals surface area (Å²) in [7, 11) is 0. The van der Waals surface area contributed by atoms with Crippen LogP contribution in [0.4, 0.5) is 5.69 Å². The van der Waals surface area contributed by atoms with Crippen LogP contribution in [-0.2, 0) is 9.59 Å². The van der Waals surface area contributed by atoms with Gasteiger partial charge in [-0.05, 0) is 6.07 Å². The molecule has 0 bridgehead atoms. The van der Waals surface area contributed by atoms with Gasteiger partial charge in [-0.2, -0.15) is 5.10 Å². The highest BCUT2D eigenvalue weighted by Crippen LogP contribution is 2.19. The van der Waals surface area contributed by atoms with Gasteiger partial charge in [0.15, 0.2) is 0 Å². The molecule has 5 N–H and O–H groups in total. The van der Waals surface area contributed by atoms with E-state index < -0.39 is 0 Å². The number of amides is 2. The number of nitrogens with two attached hydrogens (primary N) is 1. The van der Waals surface area contributed by atoms with Gasteiger partial charge in [-0.1, -0.05) is 12.1 Å². The topological polar surface area (TPSA) is 113 Å². The second-order valence-corrected chi connectivity index (χ2v) is 3.67. The summed E-state index contributed by atoms with van der Waals surface area (Å²) in [5.74, 6) is -0.691. The molecule has 0 fully saturated rings. The average Bonchev–Trinajstić information content (AvgIpc) is 2.85. The van der Waals surface area contributed by atoms with Gasteiger partial charge in [0, 0.05) is 5.39 Å². The third kappa shape index (κ3) is 2.64. The zero-order valence-corrected chi connectivity index (χ0v) is 9.56. The molecule has 0 radical (unpaired) electrons. The highest BCUT2D eigenvalue weighted by atomic mass is 16.2. The Kier molecular flexibility index (Phi) is 3.54. The molecule has 0 unspecified atom stereocenters. The summed E-state index contributed by atoms with van der Waals surface area (Å²) >= 11 is 0. The van der Waals surface area contributed by atoms with Crippen molar-refractivity contribution in [1.29, 1.82) is 0 Å². The maximum Gasteiger partial charge on any atom is 0.243 e. The zero-order chi connectivity index (χ0) is 13.0. The minimum Gasteiger partial charge on any atom is -0.346 e. The van der Waals surface area contributed by atoms with E-state index in [9.17, 15) is 9.59 Å². The first-order valence-electron chi connectivity index (χ1n) is 5.39. The number of nitrogens with one attached hydrogen (secondary N) is 3. The number of nitrogens with zero attached hydrogens (tertiary/aromatic N) is 1. The Morgan fingerprint density at radius 3 is 2.94 bits per heavy atom. The Balaban J connectivity index is 2.03. The van der Waals surface area contributed by atoms with Crippen molar-refractivity contribution in [1.82, 2.24) is 15.5 Å². The van der Waals surface area contributed by atoms with Crippen LogP contribution in [0.1, 0.15) is 0 Å². The smallest absolute Gasteiger partial charge is 0.243 e. The van der Waals surface area contributed by atoms with Gasteiger partial charge in [-0.25, -0.2) is 0 Å². The molecule has 18 heavy (non-hydrogen) atoms. The van der Waals surface area contributed by atoms with Crippen molar-refractivity contribution in [3.63, 3.8) is 0 Å². The molecule has 2 rings (SSSR count). The van der Waals surface area contributed by atoms with E-state index in [-0.39, 0.29) is 24.9 Å². The number of aromatic nitrogens is 2. The van der Waals surface area contributed by atoms with Gasteiger partial charge in [0.2, 0.25) is 11.8 Å². The van der Waals surface area contributed by atoms with Crippen molar-refractivity contribution in [2.24, 2.45) is 5.73 Å². The van der Waals surface area contributed by atoms with Crippen LogP contribution in [0.3, 0.4) is 0 Å². The molecule has 0 saturated carbocycles.